The van der Waals surface area contributed by atoms with Gasteiger partial charge in [0.2, 0.25) is 0 Å². The molecule has 0 radical (unpaired) electrons. The highest BCUT2D eigenvalue weighted by molar-refractivity contribution is 5.82. The maximum atomic E-state index is 12.6. The molecule has 6 nitrogen and oxygen atoms in total. The largest absolute Gasteiger partial charge is 0.458 e. The van der Waals surface area contributed by atoms with Crippen molar-refractivity contribution in [2.24, 2.45) is 35.5 Å². The zero-order valence-corrected chi connectivity index (χ0v) is 24.2. The molecule has 0 spiro atoms. The van der Waals surface area contributed by atoms with Crippen molar-refractivity contribution in [1.29, 1.82) is 0 Å². The zero-order valence-electron chi connectivity index (χ0n) is 24.2. The SMILES string of the molecule is C=C/C=C\[C@H](C)[C@@H]1OC(=O)/C=C\C=C\[C@@H](C)[C@@H](O)C[C@H](O)/C=C\[C@H](C)[C@H](O)[C@@H](C)C[C@@H](C)CC[C@@H](O)[C@@H]1C. The summed E-state index contributed by atoms with van der Waals surface area (Å²) in [6.45, 7) is 15.5. The Kier molecular flexibility index (Phi) is 15.7. The van der Waals surface area contributed by atoms with E-state index in [0.29, 0.717) is 6.42 Å². The topological polar surface area (TPSA) is 107 Å². The molecule has 0 aliphatic carbocycles. The Morgan fingerprint density at radius 3 is 2.26 bits per heavy atom. The van der Waals surface area contributed by atoms with Gasteiger partial charge in [0.15, 0.2) is 0 Å². The summed E-state index contributed by atoms with van der Waals surface area (Å²) < 4.78 is 5.81. The fraction of sp³-hybridized carbons (Fsp3) is 0.656. The molecular formula is C32H52O6. The van der Waals surface area contributed by atoms with E-state index in [1.54, 1.807) is 30.4 Å². The van der Waals surface area contributed by atoms with Gasteiger partial charge in [-0.05, 0) is 31.1 Å². The molecule has 6 heteroatoms. The van der Waals surface area contributed by atoms with Gasteiger partial charge in [0, 0.05) is 36.2 Å². The third kappa shape index (κ3) is 12.2. The first-order valence-electron chi connectivity index (χ1n) is 14.1. The van der Waals surface area contributed by atoms with Crippen LogP contribution in [-0.4, -0.2) is 56.9 Å². The minimum absolute atomic E-state index is 0.0366. The van der Waals surface area contributed by atoms with E-state index in [-0.39, 0.29) is 41.9 Å². The number of carbonyl (C=O) groups is 1. The highest BCUT2D eigenvalue weighted by Crippen LogP contribution is 2.28. The number of ether oxygens (including phenoxy) is 1. The van der Waals surface area contributed by atoms with Crippen molar-refractivity contribution < 1.29 is 30.0 Å². The second-order valence-electron chi connectivity index (χ2n) is 11.4. The van der Waals surface area contributed by atoms with Gasteiger partial charge in [0.1, 0.15) is 6.10 Å². The van der Waals surface area contributed by atoms with Crippen LogP contribution >= 0.6 is 0 Å². The van der Waals surface area contributed by atoms with Gasteiger partial charge in [-0.15, -0.1) is 0 Å². The molecule has 0 bridgehead atoms. The van der Waals surface area contributed by atoms with Gasteiger partial charge in [-0.2, -0.15) is 0 Å². The lowest BCUT2D eigenvalue weighted by molar-refractivity contribution is -0.150. The van der Waals surface area contributed by atoms with Crippen LogP contribution in [0.3, 0.4) is 0 Å². The van der Waals surface area contributed by atoms with Crippen LogP contribution in [-0.2, 0) is 9.53 Å². The van der Waals surface area contributed by atoms with Gasteiger partial charge in [-0.1, -0.05) is 96.7 Å². The van der Waals surface area contributed by atoms with Crippen molar-refractivity contribution >= 4 is 5.97 Å². The fourth-order valence-electron chi connectivity index (χ4n) is 5.04. The van der Waals surface area contributed by atoms with Gasteiger partial charge in [0.25, 0.3) is 0 Å². The summed E-state index contributed by atoms with van der Waals surface area (Å²) in [6.07, 6.45) is 14.2. The molecule has 1 heterocycles. The predicted molar refractivity (Wildman–Crippen MR) is 154 cm³/mol. The first-order valence-corrected chi connectivity index (χ1v) is 14.1. The Labute approximate surface area is 230 Å². The predicted octanol–water partition coefficient (Wildman–Crippen LogP) is 5.14. The molecule has 11 atom stereocenters. The van der Waals surface area contributed by atoms with E-state index in [2.05, 4.69) is 13.5 Å². The molecule has 0 saturated carbocycles. The number of cyclic esters (lactones) is 1. The molecule has 0 aromatic rings. The molecule has 0 amide bonds. The summed E-state index contributed by atoms with van der Waals surface area (Å²) >= 11 is 0. The summed E-state index contributed by atoms with van der Waals surface area (Å²) in [5.74, 6) is -0.976. The van der Waals surface area contributed by atoms with Crippen molar-refractivity contribution in [3.05, 3.63) is 61.3 Å². The molecule has 216 valence electrons. The molecule has 1 aliphatic heterocycles. The molecule has 0 fully saturated rings. The summed E-state index contributed by atoms with van der Waals surface area (Å²) in [5, 5.41) is 42.7. The molecule has 4 N–H and O–H groups in total. The molecule has 1 rings (SSSR count). The lowest BCUT2D eigenvalue weighted by Crippen LogP contribution is -2.37. The molecule has 0 aromatic carbocycles. The smallest absolute Gasteiger partial charge is 0.331 e. The zero-order chi connectivity index (χ0) is 28.8. The van der Waals surface area contributed by atoms with Crippen LogP contribution < -0.4 is 0 Å². The number of allylic oxidation sites excluding steroid dienone is 4. The Hall–Kier alpha value is -1.99. The van der Waals surface area contributed by atoms with Gasteiger partial charge in [-0.25, -0.2) is 4.79 Å². The van der Waals surface area contributed by atoms with Crippen LogP contribution in [0.4, 0.5) is 0 Å². The lowest BCUT2D eigenvalue weighted by atomic mass is 9.82. The summed E-state index contributed by atoms with van der Waals surface area (Å²) in [5.41, 5.74) is 0. The highest BCUT2D eigenvalue weighted by Gasteiger charge is 2.31. The van der Waals surface area contributed by atoms with Crippen LogP contribution in [0.5, 0.6) is 0 Å². The maximum absolute atomic E-state index is 12.6. The lowest BCUT2D eigenvalue weighted by Gasteiger charge is -2.31. The van der Waals surface area contributed by atoms with Crippen LogP contribution in [0, 0.1) is 35.5 Å². The summed E-state index contributed by atoms with van der Waals surface area (Å²) in [7, 11) is 0. The van der Waals surface area contributed by atoms with E-state index in [0.717, 1.165) is 12.8 Å². The third-order valence-electron chi connectivity index (χ3n) is 7.78. The average Bonchev–Trinajstić information content (AvgIpc) is 2.88. The minimum atomic E-state index is -0.828. The standard InChI is InChI=1S/C32H52O6/c1-8-9-12-24(5)32-26(7)28(34)18-15-21(2)19-25(6)31(37)23(4)16-17-27(33)20-29(35)22(3)13-10-11-14-30(36)38-32/h8-14,16-17,21-29,31-35,37H,1,15,18-20H2,2-7H3/b12-9-,13-10+,14-11-,17-16-/t21-,22+,23-,24-,25-,26-,27+,28+,29-,31-,32-/m0/s1. The van der Waals surface area contributed by atoms with Gasteiger partial charge in [0.05, 0.1) is 24.4 Å². The number of hydrogen-bond acceptors (Lipinski definition) is 6. The van der Waals surface area contributed by atoms with Crippen LogP contribution in [0.2, 0.25) is 0 Å². The number of esters is 1. The Morgan fingerprint density at radius 2 is 1.61 bits per heavy atom. The van der Waals surface area contributed by atoms with Crippen LogP contribution in [0.1, 0.15) is 67.2 Å². The molecule has 38 heavy (non-hydrogen) atoms. The van der Waals surface area contributed by atoms with Gasteiger partial charge in [-0.3, -0.25) is 0 Å². The van der Waals surface area contributed by atoms with E-state index >= 15 is 0 Å². The Morgan fingerprint density at radius 1 is 0.921 bits per heavy atom. The monoisotopic (exact) mass is 532 g/mol. The van der Waals surface area contributed by atoms with Gasteiger partial charge < -0.3 is 25.2 Å². The number of carbonyl (C=O) groups excluding carboxylic acids is 1. The molecule has 0 saturated heterocycles. The van der Waals surface area contributed by atoms with Crippen molar-refractivity contribution in [3.8, 4) is 0 Å². The number of aliphatic hydroxyl groups excluding tert-OH is 4. The maximum Gasteiger partial charge on any atom is 0.331 e. The van der Waals surface area contributed by atoms with E-state index in [1.165, 1.54) is 6.08 Å². The average molecular weight is 533 g/mol. The molecule has 0 aromatic heterocycles. The second kappa shape index (κ2) is 17.6. The fourth-order valence-corrected chi connectivity index (χ4v) is 5.04. The number of rotatable bonds is 3. The Balaban J connectivity index is 3.17. The minimum Gasteiger partial charge on any atom is -0.458 e. The number of hydrogen-bond donors (Lipinski definition) is 4. The summed E-state index contributed by atoms with van der Waals surface area (Å²) in [4.78, 5) is 12.6. The van der Waals surface area contributed by atoms with Crippen molar-refractivity contribution in [1.82, 2.24) is 0 Å². The summed E-state index contributed by atoms with van der Waals surface area (Å²) in [6, 6.07) is 0. The van der Waals surface area contributed by atoms with E-state index in [9.17, 15) is 25.2 Å². The second-order valence-corrected chi connectivity index (χ2v) is 11.4. The normalized spacial score (nSPS) is 40.7. The van der Waals surface area contributed by atoms with E-state index in [4.69, 9.17) is 4.74 Å². The first kappa shape index (κ1) is 34.0. The van der Waals surface area contributed by atoms with Crippen LogP contribution in [0.15, 0.2) is 61.3 Å². The van der Waals surface area contributed by atoms with Crippen molar-refractivity contribution in [2.75, 3.05) is 0 Å². The molecule has 1 aliphatic rings. The first-order chi connectivity index (χ1) is 17.9. The number of aliphatic hydroxyl groups is 4. The Bertz CT molecular complexity index is 815. The van der Waals surface area contributed by atoms with Gasteiger partial charge >= 0.3 is 5.97 Å². The molecular weight excluding hydrogens is 480 g/mol. The quantitative estimate of drug-likeness (QED) is 0.228. The highest BCUT2D eigenvalue weighted by atomic mass is 16.5. The molecule has 0 unspecified atom stereocenters. The third-order valence-corrected chi connectivity index (χ3v) is 7.78. The van der Waals surface area contributed by atoms with Crippen molar-refractivity contribution in [3.63, 3.8) is 0 Å². The van der Waals surface area contributed by atoms with E-state index in [1.807, 2.05) is 52.8 Å². The van der Waals surface area contributed by atoms with Crippen molar-refractivity contribution in [2.45, 2.75) is 97.7 Å². The van der Waals surface area contributed by atoms with Crippen LogP contribution in [0.25, 0.3) is 0 Å². The van der Waals surface area contributed by atoms with E-state index < -0.39 is 36.5 Å².